The van der Waals surface area contributed by atoms with E-state index < -0.39 is 0 Å². The molecule has 0 bridgehead atoms. The zero-order chi connectivity index (χ0) is 9.97. The highest BCUT2D eigenvalue weighted by Gasteiger charge is 2.06. The Morgan fingerprint density at radius 3 is 2.93 bits per heavy atom. The first-order valence-electron chi connectivity index (χ1n) is 4.46. The van der Waals surface area contributed by atoms with E-state index in [1.54, 1.807) is 12.4 Å². The largest absolute Gasteiger partial charge is 0.287 e. The maximum atomic E-state index is 6.03. The Morgan fingerprint density at radius 1 is 1.36 bits per heavy atom. The summed E-state index contributed by atoms with van der Waals surface area (Å²) in [6.07, 6.45) is 6.21. The van der Waals surface area contributed by atoms with E-state index in [-0.39, 0.29) is 0 Å². The Labute approximate surface area is 87.4 Å². The fourth-order valence-electron chi connectivity index (χ4n) is 1.34. The lowest BCUT2D eigenvalue weighted by atomic mass is 10.4. The molecule has 0 fully saturated rings. The normalized spacial score (nSPS) is 10.4. The molecule has 4 heteroatoms. The van der Waals surface area contributed by atoms with Gasteiger partial charge in [0.2, 0.25) is 0 Å². The van der Waals surface area contributed by atoms with Gasteiger partial charge in [0.05, 0.1) is 5.02 Å². The van der Waals surface area contributed by atoms with Crippen molar-refractivity contribution in [3.05, 3.63) is 41.6 Å². The van der Waals surface area contributed by atoms with Gasteiger partial charge in [0.25, 0.3) is 0 Å². The smallest absolute Gasteiger partial charge is 0.156 e. The molecule has 0 spiro atoms. The number of rotatable bonds is 2. The van der Waals surface area contributed by atoms with Crippen LogP contribution in [0.25, 0.3) is 5.82 Å². The van der Waals surface area contributed by atoms with Gasteiger partial charge in [-0.05, 0) is 12.1 Å². The highest BCUT2D eigenvalue weighted by Crippen LogP contribution is 2.18. The van der Waals surface area contributed by atoms with Crippen molar-refractivity contribution < 1.29 is 0 Å². The van der Waals surface area contributed by atoms with Crippen LogP contribution >= 0.6 is 11.6 Å². The van der Waals surface area contributed by atoms with Crippen molar-refractivity contribution in [3.63, 3.8) is 0 Å². The van der Waals surface area contributed by atoms with Gasteiger partial charge >= 0.3 is 0 Å². The van der Waals surface area contributed by atoms with Crippen LogP contribution in [0, 0.1) is 0 Å². The third kappa shape index (κ3) is 1.51. The molecule has 0 unspecified atom stereocenters. The molecule has 14 heavy (non-hydrogen) atoms. The third-order valence-corrected chi connectivity index (χ3v) is 2.30. The van der Waals surface area contributed by atoms with Gasteiger partial charge in [-0.2, -0.15) is 0 Å². The van der Waals surface area contributed by atoms with Crippen molar-refractivity contribution in [2.75, 3.05) is 0 Å². The molecule has 2 aromatic rings. The quantitative estimate of drug-likeness (QED) is 0.758. The monoisotopic (exact) mass is 207 g/mol. The summed E-state index contributed by atoms with van der Waals surface area (Å²) in [5.74, 6) is 1.70. The van der Waals surface area contributed by atoms with Crippen LogP contribution in [0.3, 0.4) is 0 Å². The van der Waals surface area contributed by atoms with E-state index in [4.69, 9.17) is 11.6 Å². The summed E-state index contributed by atoms with van der Waals surface area (Å²) in [5.41, 5.74) is 0. The fraction of sp³-hybridized carbons (Fsp3) is 0.200. The van der Waals surface area contributed by atoms with Gasteiger partial charge in [0.1, 0.15) is 5.82 Å². The van der Waals surface area contributed by atoms with Crippen molar-refractivity contribution in [2.45, 2.75) is 13.3 Å². The molecular weight excluding hydrogens is 198 g/mol. The number of hydrogen-bond donors (Lipinski definition) is 0. The van der Waals surface area contributed by atoms with E-state index in [9.17, 15) is 0 Å². The average molecular weight is 208 g/mol. The Kier molecular flexibility index (Phi) is 2.50. The molecule has 2 heterocycles. The lowest BCUT2D eigenvalue weighted by molar-refractivity contribution is 0.868. The fourth-order valence-corrected chi connectivity index (χ4v) is 1.56. The molecule has 0 amide bonds. The van der Waals surface area contributed by atoms with Crippen LogP contribution in [0.1, 0.15) is 12.7 Å². The van der Waals surface area contributed by atoms with Crippen LogP contribution in [-0.4, -0.2) is 14.5 Å². The molecule has 0 atom stereocenters. The predicted octanol–water partition coefficient (Wildman–Crippen LogP) is 2.48. The highest BCUT2D eigenvalue weighted by molar-refractivity contribution is 6.32. The number of imidazole rings is 1. The maximum absolute atomic E-state index is 6.03. The van der Waals surface area contributed by atoms with E-state index in [1.807, 2.05) is 22.9 Å². The summed E-state index contributed by atoms with van der Waals surface area (Å²) < 4.78 is 1.91. The summed E-state index contributed by atoms with van der Waals surface area (Å²) >= 11 is 6.03. The molecule has 2 aromatic heterocycles. The number of halogens is 1. The van der Waals surface area contributed by atoms with Crippen molar-refractivity contribution >= 4 is 11.6 Å². The van der Waals surface area contributed by atoms with Gasteiger partial charge < -0.3 is 0 Å². The van der Waals surface area contributed by atoms with E-state index in [2.05, 4.69) is 16.9 Å². The zero-order valence-electron chi connectivity index (χ0n) is 7.81. The zero-order valence-corrected chi connectivity index (χ0v) is 8.57. The molecule has 0 aliphatic carbocycles. The van der Waals surface area contributed by atoms with E-state index in [0.717, 1.165) is 18.1 Å². The molecule has 0 aromatic carbocycles. The second kappa shape index (κ2) is 3.80. The first kappa shape index (κ1) is 9.21. The van der Waals surface area contributed by atoms with Gasteiger partial charge in [0.15, 0.2) is 5.82 Å². The van der Waals surface area contributed by atoms with Crippen LogP contribution in [0.4, 0.5) is 0 Å². The first-order chi connectivity index (χ1) is 6.83. The number of aromatic nitrogens is 3. The molecule has 0 saturated heterocycles. The Balaban J connectivity index is 2.54. The second-order valence-corrected chi connectivity index (χ2v) is 3.28. The van der Waals surface area contributed by atoms with Crippen molar-refractivity contribution in [3.8, 4) is 5.82 Å². The van der Waals surface area contributed by atoms with E-state index in [1.165, 1.54) is 0 Å². The topological polar surface area (TPSA) is 30.7 Å². The van der Waals surface area contributed by atoms with Crippen LogP contribution in [0.2, 0.25) is 5.02 Å². The lowest BCUT2D eigenvalue weighted by Gasteiger charge is -2.06. The molecule has 0 radical (unpaired) electrons. The van der Waals surface area contributed by atoms with Gasteiger partial charge in [-0.3, -0.25) is 4.57 Å². The Morgan fingerprint density at radius 2 is 2.21 bits per heavy atom. The van der Waals surface area contributed by atoms with Gasteiger partial charge in [-0.1, -0.05) is 18.5 Å². The molecular formula is C10H10ClN3. The number of aryl methyl sites for hydroxylation is 1. The minimum Gasteiger partial charge on any atom is -0.287 e. The summed E-state index contributed by atoms with van der Waals surface area (Å²) in [4.78, 5) is 8.44. The standard InChI is InChI=1S/C10H10ClN3/c1-2-9-12-6-7-14(9)10-8(11)4-3-5-13-10/h3-7H,2H2,1H3. The summed E-state index contributed by atoms with van der Waals surface area (Å²) in [5, 5.41) is 0.639. The van der Waals surface area contributed by atoms with Crippen molar-refractivity contribution in [1.29, 1.82) is 0 Å². The van der Waals surface area contributed by atoms with E-state index >= 15 is 0 Å². The SMILES string of the molecule is CCc1nccn1-c1ncccc1Cl. The van der Waals surface area contributed by atoms with Crippen LogP contribution in [-0.2, 0) is 6.42 Å². The van der Waals surface area contributed by atoms with E-state index in [0.29, 0.717) is 5.02 Å². The van der Waals surface area contributed by atoms with Crippen molar-refractivity contribution in [2.24, 2.45) is 0 Å². The molecule has 3 nitrogen and oxygen atoms in total. The molecule has 0 aliphatic rings. The number of hydrogen-bond acceptors (Lipinski definition) is 2. The minimum absolute atomic E-state index is 0.639. The van der Waals surface area contributed by atoms with Crippen LogP contribution in [0.5, 0.6) is 0 Å². The van der Waals surface area contributed by atoms with Crippen LogP contribution in [0.15, 0.2) is 30.7 Å². The molecule has 2 rings (SSSR count). The summed E-state index contributed by atoms with van der Waals surface area (Å²) in [7, 11) is 0. The van der Waals surface area contributed by atoms with Gasteiger partial charge in [0, 0.05) is 25.0 Å². The third-order valence-electron chi connectivity index (χ3n) is 2.00. The molecule has 0 aliphatic heterocycles. The molecule has 72 valence electrons. The predicted molar refractivity (Wildman–Crippen MR) is 55.7 cm³/mol. The highest BCUT2D eigenvalue weighted by atomic mass is 35.5. The van der Waals surface area contributed by atoms with Crippen LogP contribution < -0.4 is 0 Å². The first-order valence-corrected chi connectivity index (χ1v) is 4.84. The van der Waals surface area contributed by atoms with Gasteiger partial charge in [-0.15, -0.1) is 0 Å². The number of pyridine rings is 1. The molecule has 0 N–H and O–H groups in total. The Bertz CT molecular complexity index is 436. The average Bonchev–Trinajstić information content (AvgIpc) is 2.66. The summed E-state index contributed by atoms with van der Waals surface area (Å²) in [6.45, 7) is 2.05. The minimum atomic E-state index is 0.639. The van der Waals surface area contributed by atoms with Gasteiger partial charge in [-0.25, -0.2) is 9.97 Å². The van der Waals surface area contributed by atoms with Crippen molar-refractivity contribution in [1.82, 2.24) is 14.5 Å². The summed E-state index contributed by atoms with van der Waals surface area (Å²) in [6, 6.07) is 3.64. The molecule has 0 saturated carbocycles. The lowest BCUT2D eigenvalue weighted by Crippen LogP contribution is -2.01. The maximum Gasteiger partial charge on any atom is 0.156 e. The Hall–Kier alpha value is -1.35. The second-order valence-electron chi connectivity index (χ2n) is 2.88. The number of nitrogens with zero attached hydrogens (tertiary/aromatic N) is 3.